The molecule has 0 spiro atoms. The van der Waals surface area contributed by atoms with Crippen LogP contribution in [0.1, 0.15) is 44.6 Å². The first kappa shape index (κ1) is 13.6. The molecule has 0 heterocycles. The van der Waals surface area contributed by atoms with E-state index in [1.807, 2.05) is 6.07 Å². The first-order valence-corrected chi connectivity index (χ1v) is 6.94. The molecule has 0 aliphatic heterocycles. The van der Waals surface area contributed by atoms with Gasteiger partial charge in [0.15, 0.2) is 0 Å². The topological polar surface area (TPSA) is 50.1 Å². The van der Waals surface area contributed by atoms with Gasteiger partial charge in [0.2, 0.25) is 0 Å². The third-order valence-electron chi connectivity index (χ3n) is 3.96. The average Bonchev–Trinajstić information content (AvgIpc) is 2.48. The molecule has 0 atom stereocenters. The van der Waals surface area contributed by atoms with E-state index in [-0.39, 0.29) is 11.9 Å². The molecule has 0 unspecified atom stereocenters. The molecule has 1 saturated carbocycles. The second kappa shape index (κ2) is 6.38. The molecule has 0 N–H and O–H groups in total. The van der Waals surface area contributed by atoms with Crippen molar-refractivity contribution in [3.05, 3.63) is 29.8 Å². The molecule has 3 nitrogen and oxygen atoms in total. The van der Waals surface area contributed by atoms with Crippen LogP contribution in [-0.2, 0) is 4.79 Å². The van der Waals surface area contributed by atoms with Crippen molar-refractivity contribution in [3.8, 4) is 11.8 Å². The molecule has 0 amide bonds. The van der Waals surface area contributed by atoms with Gasteiger partial charge in [0.1, 0.15) is 5.75 Å². The molecule has 19 heavy (non-hydrogen) atoms. The van der Waals surface area contributed by atoms with Crippen molar-refractivity contribution in [2.75, 3.05) is 0 Å². The molecule has 1 aromatic rings. The number of carbonyl (C=O) groups is 1. The van der Waals surface area contributed by atoms with Crippen LogP contribution < -0.4 is 4.74 Å². The number of esters is 1. The maximum absolute atomic E-state index is 12.0. The molecule has 100 valence electrons. The molecule has 0 radical (unpaired) electrons. The second-order valence-corrected chi connectivity index (χ2v) is 5.18. The monoisotopic (exact) mass is 257 g/mol. The van der Waals surface area contributed by atoms with Crippen LogP contribution in [0, 0.1) is 23.2 Å². The van der Waals surface area contributed by atoms with Crippen LogP contribution in [0.15, 0.2) is 24.3 Å². The van der Waals surface area contributed by atoms with Crippen molar-refractivity contribution >= 4 is 5.97 Å². The Hall–Kier alpha value is -1.82. The highest BCUT2D eigenvalue weighted by molar-refractivity contribution is 5.75. The molecule has 0 bridgehead atoms. The minimum absolute atomic E-state index is 0.0402. The summed E-state index contributed by atoms with van der Waals surface area (Å²) in [6, 6.07) is 8.72. The molecule has 1 aliphatic carbocycles. The van der Waals surface area contributed by atoms with Crippen LogP contribution in [-0.4, -0.2) is 5.97 Å². The van der Waals surface area contributed by atoms with Crippen LogP contribution in [0.5, 0.6) is 5.75 Å². The van der Waals surface area contributed by atoms with E-state index >= 15 is 0 Å². The summed E-state index contributed by atoms with van der Waals surface area (Å²) in [4.78, 5) is 12.0. The first-order chi connectivity index (χ1) is 9.22. The number of nitrogens with zero attached hydrogens (tertiary/aromatic N) is 1. The number of nitriles is 1. The summed E-state index contributed by atoms with van der Waals surface area (Å²) in [6.07, 6.45) is 5.34. The van der Waals surface area contributed by atoms with Crippen molar-refractivity contribution in [1.82, 2.24) is 0 Å². The second-order valence-electron chi connectivity index (χ2n) is 5.18. The summed E-state index contributed by atoms with van der Waals surface area (Å²) in [5.41, 5.74) is 0.572. The summed E-state index contributed by atoms with van der Waals surface area (Å²) in [7, 11) is 0. The molecule has 0 aromatic heterocycles. The van der Waals surface area contributed by atoms with Crippen molar-refractivity contribution in [2.45, 2.75) is 39.0 Å². The molecule has 3 heteroatoms. The number of hydrogen-bond donors (Lipinski definition) is 0. The van der Waals surface area contributed by atoms with E-state index in [0.29, 0.717) is 11.3 Å². The largest absolute Gasteiger partial charge is 0.426 e. The Morgan fingerprint density at radius 1 is 1.26 bits per heavy atom. The maximum Gasteiger partial charge on any atom is 0.314 e. The van der Waals surface area contributed by atoms with E-state index in [4.69, 9.17) is 10.00 Å². The van der Waals surface area contributed by atoms with Crippen molar-refractivity contribution in [1.29, 1.82) is 5.26 Å². The predicted molar refractivity (Wildman–Crippen MR) is 72.5 cm³/mol. The van der Waals surface area contributed by atoms with Crippen LogP contribution in [0.2, 0.25) is 0 Å². The highest BCUT2D eigenvalue weighted by atomic mass is 16.5. The average molecular weight is 257 g/mol. The first-order valence-electron chi connectivity index (χ1n) is 6.94. The SMILES string of the molecule is CCC1CCC(C(=O)Oc2ccc(C#N)cc2)CC1. The Morgan fingerprint density at radius 2 is 1.89 bits per heavy atom. The van der Waals surface area contributed by atoms with Gasteiger partial charge in [0, 0.05) is 0 Å². The molecule has 2 rings (SSSR count). The van der Waals surface area contributed by atoms with Gasteiger partial charge in [-0.25, -0.2) is 0 Å². The lowest BCUT2D eigenvalue weighted by molar-refractivity contribution is -0.140. The van der Waals surface area contributed by atoms with Crippen LogP contribution in [0.25, 0.3) is 0 Å². The highest BCUT2D eigenvalue weighted by Gasteiger charge is 2.26. The standard InChI is InChI=1S/C16H19NO2/c1-2-12-3-7-14(8-4-12)16(18)19-15-9-5-13(11-17)6-10-15/h5-6,9-10,12,14H,2-4,7-8H2,1H3. The van der Waals surface area contributed by atoms with Gasteiger partial charge >= 0.3 is 5.97 Å². The zero-order valence-electron chi connectivity index (χ0n) is 11.3. The quantitative estimate of drug-likeness (QED) is 0.613. The Morgan fingerprint density at radius 3 is 2.42 bits per heavy atom. The minimum Gasteiger partial charge on any atom is -0.426 e. The van der Waals surface area contributed by atoms with Gasteiger partial charge in [0.05, 0.1) is 17.6 Å². The molecular formula is C16H19NO2. The summed E-state index contributed by atoms with van der Waals surface area (Å²) in [5, 5.41) is 8.70. The van der Waals surface area contributed by atoms with Crippen molar-refractivity contribution in [2.24, 2.45) is 11.8 Å². The zero-order valence-corrected chi connectivity index (χ0v) is 11.3. The summed E-state index contributed by atoms with van der Waals surface area (Å²) in [5.74, 6) is 1.22. The summed E-state index contributed by atoms with van der Waals surface area (Å²) in [6.45, 7) is 2.21. The predicted octanol–water partition coefficient (Wildman–Crippen LogP) is 3.68. The fraction of sp³-hybridized carbons (Fsp3) is 0.500. The van der Waals surface area contributed by atoms with E-state index in [9.17, 15) is 4.79 Å². The molecular weight excluding hydrogens is 238 g/mol. The number of benzene rings is 1. The Labute approximate surface area is 114 Å². The van der Waals surface area contributed by atoms with Gasteiger partial charge < -0.3 is 4.74 Å². The van der Waals surface area contributed by atoms with E-state index in [2.05, 4.69) is 6.92 Å². The van der Waals surface area contributed by atoms with E-state index < -0.39 is 0 Å². The lowest BCUT2D eigenvalue weighted by Crippen LogP contribution is -2.25. The fourth-order valence-electron chi connectivity index (χ4n) is 2.60. The molecule has 1 aliphatic rings. The van der Waals surface area contributed by atoms with Gasteiger partial charge in [-0.3, -0.25) is 4.79 Å². The minimum atomic E-state index is -0.126. The highest BCUT2D eigenvalue weighted by Crippen LogP contribution is 2.31. The van der Waals surface area contributed by atoms with Crippen molar-refractivity contribution in [3.63, 3.8) is 0 Å². The third-order valence-corrected chi connectivity index (χ3v) is 3.96. The smallest absolute Gasteiger partial charge is 0.314 e. The molecule has 0 saturated heterocycles. The number of carbonyl (C=O) groups excluding carboxylic acids is 1. The van der Waals surface area contributed by atoms with E-state index in [1.54, 1.807) is 24.3 Å². The normalized spacial score (nSPS) is 22.5. The summed E-state index contributed by atoms with van der Waals surface area (Å²) < 4.78 is 5.37. The van der Waals surface area contributed by atoms with Gasteiger partial charge in [-0.05, 0) is 55.9 Å². The molecule has 1 aromatic carbocycles. The lowest BCUT2D eigenvalue weighted by atomic mass is 9.81. The number of hydrogen-bond acceptors (Lipinski definition) is 3. The van der Waals surface area contributed by atoms with Gasteiger partial charge in [0.25, 0.3) is 0 Å². The summed E-state index contributed by atoms with van der Waals surface area (Å²) >= 11 is 0. The van der Waals surface area contributed by atoms with Gasteiger partial charge in [-0.15, -0.1) is 0 Å². The Balaban J connectivity index is 1.89. The maximum atomic E-state index is 12.0. The number of ether oxygens (including phenoxy) is 1. The van der Waals surface area contributed by atoms with E-state index in [1.165, 1.54) is 6.42 Å². The third kappa shape index (κ3) is 3.57. The molecule has 1 fully saturated rings. The fourth-order valence-corrected chi connectivity index (χ4v) is 2.60. The van der Waals surface area contributed by atoms with Gasteiger partial charge in [-0.1, -0.05) is 13.3 Å². The Bertz CT molecular complexity index is 465. The van der Waals surface area contributed by atoms with Crippen LogP contribution in [0.4, 0.5) is 0 Å². The van der Waals surface area contributed by atoms with Crippen LogP contribution in [0.3, 0.4) is 0 Å². The van der Waals surface area contributed by atoms with Gasteiger partial charge in [-0.2, -0.15) is 5.26 Å². The Kier molecular flexibility index (Phi) is 4.57. The van der Waals surface area contributed by atoms with E-state index in [0.717, 1.165) is 31.6 Å². The number of rotatable bonds is 3. The lowest BCUT2D eigenvalue weighted by Gasteiger charge is -2.26. The van der Waals surface area contributed by atoms with Crippen LogP contribution >= 0.6 is 0 Å². The van der Waals surface area contributed by atoms with Crippen molar-refractivity contribution < 1.29 is 9.53 Å². The zero-order chi connectivity index (χ0) is 13.7.